The zero-order chi connectivity index (χ0) is 8.23. The average Bonchev–Trinajstić information content (AvgIpc) is 2.21. The van der Waals surface area contributed by atoms with Gasteiger partial charge in [-0.25, -0.2) is 0 Å². The van der Waals surface area contributed by atoms with Crippen LogP contribution in [0.25, 0.3) is 0 Å². The van der Waals surface area contributed by atoms with Crippen molar-refractivity contribution in [1.82, 2.24) is 10.2 Å². The van der Waals surface area contributed by atoms with Gasteiger partial charge in [0.2, 0.25) is 0 Å². The summed E-state index contributed by atoms with van der Waals surface area (Å²) >= 11 is 0. The Morgan fingerprint density at radius 3 is 2.83 bits per heavy atom. The van der Waals surface area contributed by atoms with Crippen molar-refractivity contribution < 1.29 is 4.74 Å². The molecule has 0 amide bonds. The van der Waals surface area contributed by atoms with E-state index in [1.54, 1.807) is 0 Å². The summed E-state index contributed by atoms with van der Waals surface area (Å²) in [7, 11) is 0. The molecule has 0 saturated carbocycles. The molecule has 0 spiro atoms. The van der Waals surface area contributed by atoms with Gasteiger partial charge in [-0.15, -0.1) is 0 Å². The summed E-state index contributed by atoms with van der Waals surface area (Å²) in [5, 5.41) is 3.38. The lowest BCUT2D eigenvalue weighted by Crippen LogP contribution is -2.45. The fourth-order valence-corrected chi connectivity index (χ4v) is 1.96. The molecule has 0 bridgehead atoms. The molecule has 12 heavy (non-hydrogen) atoms. The first-order valence-corrected chi connectivity index (χ1v) is 4.84. The van der Waals surface area contributed by atoms with E-state index in [-0.39, 0.29) is 0 Å². The lowest BCUT2D eigenvalue weighted by atomic mass is 10.0. The van der Waals surface area contributed by atoms with Crippen LogP contribution in [0.5, 0.6) is 0 Å². The molecule has 2 aliphatic heterocycles. The van der Waals surface area contributed by atoms with E-state index in [4.69, 9.17) is 4.74 Å². The summed E-state index contributed by atoms with van der Waals surface area (Å²) in [6.45, 7) is 7.36. The zero-order valence-corrected chi connectivity index (χ0v) is 7.46. The van der Waals surface area contributed by atoms with E-state index in [1.807, 2.05) is 0 Å². The zero-order valence-electron chi connectivity index (χ0n) is 7.46. The van der Waals surface area contributed by atoms with Gasteiger partial charge in [-0.1, -0.05) is 0 Å². The number of ether oxygens (including phenoxy) is 1. The minimum atomic E-state index is 0.773. The second kappa shape index (κ2) is 4.21. The van der Waals surface area contributed by atoms with Crippen molar-refractivity contribution in [3.05, 3.63) is 6.54 Å². The summed E-state index contributed by atoms with van der Waals surface area (Å²) in [6.07, 6.45) is 2.58. The Bertz CT molecular complexity index is 112. The first kappa shape index (κ1) is 8.48. The van der Waals surface area contributed by atoms with Crippen LogP contribution >= 0.6 is 0 Å². The van der Waals surface area contributed by atoms with Gasteiger partial charge in [0.15, 0.2) is 0 Å². The summed E-state index contributed by atoms with van der Waals surface area (Å²) in [4.78, 5) is 2.46. The monoisotopic (exact) mass is 169 g/mol. The summed E-state index contributed by atoms with van der Waals surface area (Å²) in [6, 6.07) is 0.773. The predicted molar refractivity (Wildman–Crippen MR) is 47.7 cm³/mol. The minimum absolute atomic E-state index is 0.773. The summed E-state index contributed by atoms with van der Waals surface area (Å²) in [5.41, 5.74) is 0. The van der Waals surface area contributed by atoms with Crippen LogP contribution in [0.3, 0.4) is 0 Å². The van der Waals surface area contributed by atoms with Crippen molar-refractivity contribution in [2.75, 3.05) is 32.8 Å². The third-order valence-corrected chi connectivity index (χ3v) is 2.70. The Morgan fingerprint density at radius 2 is 2.17 bits per heavy atom. The minimum Gasteiger partial charge on any atom is -0.378 e. The fourth-order valence-electron chi connectivity index (χ4n) is 1.96. The molecule has 0 aromatic heterocycles. The average molecular weight is 169 g/mol. The van der Waals surface area contributed by atoms with Crippen molar-refractivity contribution in [2.45, 2.75) is 18.9 Å². The van der Waals surface area contributed by atoms with E-state index < -0.39 is 0 Å². The largest absolute Gasteiger partial charge is 0.378 e. The third-order valence-electron chi connectivity index (χ3n) is 2.70. The molecule has 0 atom stereocenters. The van der Waals surface area contributed by atoms with Gasteiger partial charge in [0.25, 0.3) is 0 Å². The van der Waals surface area contributed by atoms with Crippen LogP contribution in [0.2, 0.25) is 0 Å². The number of hydrogen-bond acceptors (Lipinski definition) is 3. The Balaban J connectivity index is 1.80. The lowest BCUT2D eigenvalue weighted by molar-refractivity contribution is 0.0411. The van der Waals surface area contributed by atoms with Crippen LogP contribution in [0.1, 0.15) is 12.8 Å². The molecule has 2 saturated heterocycles. The smallest absolute Gasteiger partial charge is 0.0638 e. The van der Waals surface area contributed by atoms with Crippen LogP contribution in [-0.4, -0.2) is 43.8 Å². The van der Waals surface area contributed by atoms with Gasteiger partial charge in [-0.05, 0) is 25.9 Å². The van der Waals surface area contributed by atoms with Crippen LogP contribution in [0.4, 0.5) is 0 Å². The molecule has 3 heteroatoms. The van der Waals surface area contributed by atoms with E-state index in [1.165, 1.54) is 25.9 Å². The van der Waals surface area contributed by atoms with Crippen LogP contribution < -0.4 is 5.32 Å². The Labute approximate surface area is 74.1 Å². The maximum atomic E-state index is 5.28. The summed E-state index contributed by atoms with van der Waals surface area (Å²) < 4.78 is 5.28. The SMILES string of the molecule is [CH]1COCCN1C1CCNCC1. The summed E-state index contributed by atoms with van der Waals surface area (Å²) in [5.74, 6) is 0. The van der Waals surface area contributed by atoms with Crippen molar-refractivity contribution in [3.8, 4) is 0 Å². The van der Waals surface area contributed by atoms with Crippen molar-refractivity contribution >= 4 is 0 Å². The molecule has 69 valence electrons. The molecule has 0 aromatic rings. The number of nitrogens with zero attached hydrogens (tertiary/aromatic N) is 1. The Morgan fingerprint density at radius 1 is 1.33 bits per heavy atom. The van der Waals surface area contributed by atoms with Gasteiger partial charge >= 0.3 is 0 Å². The number of rotatable bonds is 1. The number of piperidine rings is 1. The van der Waals surface area contributed by atoms with E-state index in [9.17, 15) is 0 Å². The normalized spacial score (nSPS) is 29.0. The maximum absolute atomic E-state index is 5.28. The molecule has 1 N–H and O–H groups in total. The Kier molecular flexibility index (Phi) is 2.98. The fraction of sp³-hybridized carbons (Fsp3) is 0.889. The highest BCUT2D eigenvalue weighted by atomic mass is 16.5. The van der Waals surface area contributed by atoms with Crippen LogP contribution in [-0.2, 0) is 4.74 Å². The van der Waals surface area contributed by atoms with Gasteiger partial charge in [0.1, 0.15) is 0 Å². The molecular weight excluding hydrogens is 152 g/mol. The van der Waals surface area contributed by atoms with E-state index in [0.717, 1.165) is 25.8 Å². The molecule has 0 unspecified atom stereocenters. The second-order valence-electron chi connectivity index (χ2n) is 3.48. The maximum Gasteiger partial charge on any atom is 0.0638 e. The first-order chi connectivity index (χ1) is 5.97. The van der Waals surface area contributed by atoms with Gasteiger partial charge in [-0.2, -0.15) is 0 Å². The van der Waals surface area contributed by atoms with Gasteiger partial charge in [0.05, 0.1) is 19.8 Å². The van der Waals surface area contributed by atoms with Crippen molar-refractivity contribution in [1.29, 1.82) is 0 Å². The molecule has 0 aliphatic carbocycles. The Hall–Kier alpha value is -0.120. The highest BCUT2D eigenvalue weighted by molar-refractivity contribution is 4.83. The van der Waals surface area contributed by atoms with Gasteiger partial charge in [-0.3, -0.25) is 4.90 Å². The highest BCUT2D eigenvalue weighted by Gasteiger charge is 2.22. The van der Waals surface area contributed by atoms with Crippen LogP contribution in [0.15, 0.2) is 0 Å². The van der Waals surface area contributed by atoms with E-state index >= 15 is 0 Å². The number of hydrogen-bond donors (Lipinski definition) is 1. The third kappa shape index (κ3) is 1.97. The van der Waals surface area contributed by atoms with Gasteiger partial charge < -0.3 is 10.1 Å². The first-order valence-electron chi connectivity index (χ1n) is 4.84. The topological polar surface area (TPSA) is 24.5 Å². The lowest BCUT2D eigenvalue weighted by Gasteiger charge is -2.36. The quantitative estimate of drug-likeness (QED) is 0.608. The van der Waals surface area contributed by atoms with Crippen LogP contribution in [0, 0.1) is 6.54 Å². The molecule has 2 aliphatic rings. The molecule has 1 radical (unpaired) electrons. The van der Waals surface area contributed by atoms with Crippen molar-refractivity contribution in [3.63, 3.8) is 0 Å². The van der Waals surface area contributed by atoms with E-state index in [0.29, 0.717) is 0 Å². The molecular formula is C9H17N2O. The second-order valence-corrected chi connectivity index (χ2v) is 3.48. The standard InChI is InChI=1S/C9H17N2O/c1-3-10-4-2-9(1)11-5-7-12-8-6-11/h5,9-10H,1-4,6-8H2. The van der Waals surface area contributed by atoms with E-state index in [2.05, 4.69) is 16.8 Å². The van der Waals surface area contributed by atoms with Crippen molar-refractivity contribution in [2.24, 2.45) is 0 Å². The predicted octanol–water partition coefficient (Wildman–Crippen LogP) is 0.232. The van der Waals surface area contributed by atoms with Gasteiger partial charge in [0, 0.05) is 12.6 Å². The number of nitrogens with one attached hydrogen (secondary N) is 1. The molecule has 2 rings (SSSR count). The molecule has 2 fully saturated rings. The molecule has 2 heterocycles. The highest BCUT2D eigenvalue weighted by Crippen LogP contribution is 2.15. The molecule has 3 nitrogen and oxygen atoms in total. The molecule has 0 aromatic carbocycles. The number of morpholine rings is 1.